The first-order valence-electron chi connectivity index (χ1n) is 5.81. The molecule has 1 aromatic rings. The lowest BCUT2D eigenvalue weighted by molar-refractivity contribution is -0.272. The van der Waals surface area contributed by atoms with Gasteiger partial charge in [-0.2, -0.15) is 13.2 Å². The summed E-state index contributed by atoms with van der Waals surface area (Å²) in [5.41, 5.74) is -1.55. The first-order chi connectivity index (χ1) is 8.41. The Morgan fingerprint density at radius 3 is 2.50 bits per heavy atom. The van der Waals surface area contributed by atoms with Gasteiger partial charge < -0.3 is 5.11 Å². The average molecular weight is 260 g/mol. The number of nitrogens with zero attached hydrogens (tertiary/aromatic N) is 2. The first-order valence-corrected chi connectivity index (χ1v) is 5.81. The second-order valence-electron chi connectivity index (χ2n) is 4.67. The van der Waals surface area contributed by atoms with Gasteiger partial charge in [-0.05, 0) is 24.5 Å². The van der Waals surface area contributed by atoms with E-state index < -0.39 is 11.8 Å². The zero-order valence-corrected chi connectivity index (χ0v) is 9.82. The lowest BCUT2D eigenvalue weighted by Gasteiger charge is -2.39. The van der Waals surface area contributed by atoms with Gasteiger partial charge in [-0.15, -0.1) is 0 Å². The van der Waals surface area contributed by atoms with E-state index in [2.05, 4.69) is 4.98 Å². The molecule has 1 aliphatic rings. The molecule has 0 radical (unpaired) electrons. The van der Waals surface area contributed by atoms with Crippen LogP contribution in [0.4, 0.5) is 13.2 Å². The Morgan fingerprint density at radius 1 is 1.33 bits per heavy atom. The Bertz CT molecular complexity index is 386. The highest BCUT2D eigenvalue weighted by molar-refractivity contribution is 5.08. The van der Waals surface area contributed by atoms with Gasteiger partial charge in [0.1, 0.15) is 0 Å². The van der Waals surface area contributed by atoms with E-state index in [1.54, 1.807) is 18.5 Å². The third kappa shape index (κ3) is 2.81. The molecule has 0 amide bonds. The molecule has 0 aliphatic carbocycles. The van der Waals surface area contributed by atoms with E-state index in [4.69, 9.17) is 0 Å². The number of pyridine rings is 1. The third-order valence-corrected chi connectivity index (χ3v) is 3.34. The van der Waals surface area contributed by atoms with E-state index in [0.717, 1.165) is 5.56 Å². The largest absolute Gasteiger partial charge is 0.417 e. The van der Waals surface area contributed by atoms with E-state index in [0.29, 0.717) is 6.54 Å². The summed E-state index contributed by atoms with van der Waals surface area (Å²) in [7, 11) is 0. The van der Waals surface area contributed by atoms with Crippen molar-refractivity contribution in [2.45, 2.75) is 31.2 Å². The number of halogens is 3. The number of hydrogen-bond donors (Lipinski definition) is 1. The van der Waals surface area contributed by atoms with Crippen molar-refractivity contribution in [1.29, 1.82) is 0 Å². The van der Waals surface area contributed by atoms with E-state index in [9.17, 15) is 18.3 Å². The summed E-state index contributed by atoms with van der Waals surface area (Å²) in [6.45, 7) is 1.05. The van der Waals surface area contributed by atoms with Crippen molar-refractivity contribution in [2.75, 3.05) is 13.1 Å². The van der Waals surface area contributed by atoms with Gasteiger partial charge in [-0.3, -0.25) is 9.88 Å². The third-order valence-electron chi connectivity index (χ3n) is 3.34. The Morgan fingerprint density at radius 2 is 2.00 bits per heavy atom. The summed E-state index contributed by atoms with van der Waals surface area (Å²) in [5.74, 6) is 0. The maximum Gasteiger partial charge on any atom is 0.417 e. The molecule has 0 aromatic carbocycles. The highest BCUT2D eigenvalue weighted by Crippen LogP contribution is 2.38. The molecule has 1 saturated heterocycles. The summed E-state index contributed by atoms with van der Waals surface area (Å²) in [6, 6.07) is 3.68. The highest BCUT2D eigenvalue weighted by Gasteiger charge is 2.54. The molecule has 1 N–H and O–H groups in total. The van der Waals surface area contributed by atoms with E-state index in [1.807, 2.05) is 11.0 Å². The van der Waals surface area contributed by atoms with Crippen LogP contribution in [-0.4, -0.2) is 39.9 Å². The number of aliphatic hydroxyl groups is 1. The second kappa shape index (κ2) is 4.85. The summed E-state index contributed by atoms with van der Waals surface area (Å²) < 4.78 is 37.8. The minimum Gasteiger partial charge on any atom is -0.380 e. The van der Waals surface area contributed by atoms with E-state index in [1.165, 1.54) is 0 Å². The van der Waals surface area contributed by atoms with E-state index >= 15 is 0 Å². The minimum atomic E-state index is -4.53. The molecule has 0 saturated carbocycles. The highest BCUT2D eigenvalue weighted by atomic mass is 19.4. The lowest BCUT2D eigenvalue weighted by atomic mass is 9.90. The zero-order chi connectivity index (χ0) is 13.2. The fourth-order valence-corrected chi connectivity index (χ4v) is 2.11. The molecule has 0 atom stereocenters. The van der Waals surface area contributed by atoms with Gasteiger partial charge >= 0.3 is 6.18 Å². The molecule has 18 heavy (non-hydrogen) atoms. The van der Waals surface area contributed by atoms with Crippen LogP contribution in [0.15, 0.2) is 24.5 Å². The number of rotatable bonds is 2. The van der Waals surface area contributed by atoms with Crippen molar-refractivity contribution < 1.29 is 18.3 Å². The van der Waals surface area contributed by atoms with Gasteiger partial charge in [-0.1, -0.05) is 6.07 Å². The maximum absolute atomic E-state index is 12.6. The van der Waals surface area contributed by atoms with Gasteiger partial charge in [-0.25, -0.2) is 0 Å². The fourth-order valence-electron chi connectivity index (χ4n) is 2.11. The van der Waals surface area contributed by atoms with Crippen LogP contribution in [0.1, 0.15) is 18.4 Å². The molecule has 0 bridgehead atoms. The van der Waals surface area contributed by atoms with Crippen LogP contribution in [0.25, 0.3) is 0 Å². The fraction of sp³-hybridized carbons (Fsp3) is 0.583. The van der Waals surface area contributed by atoms with Gasteiger partial charge in [0, 0.05) is 32.0 Å². The number of hydrogen-bond acceptors (Lipinski definition) is 3. The summed E-state index contributed by atoms with van der Waals surface area (Å²) in [4.78, 5) is 5.86. The Kier molecular flexibility index (Phi) is 3.59. The topological polar surface area (TPSA) is 36.4 Å². The van der Waals surface area contributed by atoms with Crippen LogP contribution < -0.4 is 0 Å². The number of alkyl halides is 3. The number of aromatic nitrogens is 1. The molecular formula is C12H15F3N2O. The zero-order valence-electron chi connectivity index (χ0n) is 9.82. The molecule has 6 heteroatoms. The standard InChI is InChI=1S/C12H15F3N2O/c13-12(14,15)11(18)3-6-17(7-4-11)9-10-2-1-5-16-8-10/h1-2,5,8,18H,3-4,6-7,9H2. The van der Waals surface area contributed by atoms with Crippen LogP contribution >= 0.6 is 0 Å². The smallest absolute Gasteiger partial charge is 0.380 e. The van der Waals surface area contributed by atoms with Gasteiger partial charge in [0.2, 0.25) is 0 Å². The monoisotopic (exact) mass is 260 g/mol. The Labute approximate surface area is 103 Å². The minimum absolute atomic E-state index is 0.241. The van der Waals surface area contributed by atoms with Gasteiger partial charge in [0.15, 0.2) is 5.60 Å². The summed E-state index contributed by atoms with van der Waals surface area (Å²) >= 11 is 0. The Balaban J connectivity index is 1.91. The molecule has 2 heterocycles. The molecular weight excluding hydrogens is 245 g/mol. The van der Waals surface area contributed by atoms with Crippen LogP contribution in [0.3, 0.4) is 0 Å². The van der Waals surface area contributed by atoms with Crippen LogP contribution in [-0.2, 0) is 6.54 Å². The van der Waals surface area contributed by atoms with Crippen LogP contribution in [0.5, 0.6) is 0 Å². The summed E-state index contributed by atoms with van der Waals surface area (Å²) in [5, 5.41) is 9.53. The first kappa shape index (κ1) is 13.3. The van der Waals surface area contributed by atoms with Crippen LogP contribution in [0.2, 0.25) is 0 Å². The molecule has 3 nitrogen and oxygen atoms in total. The number of piperidine rings is 1. The molecule has 1 aliphatic heterocycles. The maximum atomic E-state index is 12.6. The summed E-state index contributed by atoms with van der Waals surface area (Å²) in [6.07, 6.45) is -1.71. The van der Waals surface area contributed by atoms with Crippen LogP contribution in [0, 0.1) is 0 Å². The number of likely N-dealkylation sites (tertiary alicyclic amines) is 1. The van der Waals surface area contributed by atoms with Gasteiger partial charge in [0.25, 0.3) is 0 Å². The van der Waals surface area contributed by atoms with Crippen molar-refractivity contribution >= 4 is 0 Å². The van der Waals surface area contributed by atoms with Crippen molar-refractivity contribution in [3.05, 3.63) is 30.1 Å². The molecule has 1 fully saturated rings. The quantitative estimate of drug-likeness (QED) is 0.883. The predicted octanol–water partition coefficient (Wildman–Crippen LogP) is 1.97. The molecule has 2 rings (SSSR count). The molecule has 1 aromatic heterocycles. The van der Waals surface area contributed by atoms with Crippen molar-refractivity contribution in [1.82, 2.24) is 9.88 Å². The molecule has 0 unspecified atom stereocenters. The molecule has 100 valence electrons. The van der Waals surface area contributed by atoms with Gasteiger partial charge in [0.05, 0.1) is 0 Å². The predicted molar refractivity (Wildman–Crippen MR) is 59.8 cm³/mol. The molecule has 0 spiro atoms. The SMILES string of the molecule is OC1(C(F)(F)F)CCN(Cc2cccnc2)CC1. The van der Waals surface area contributed by atoms with E-state index in [-0.39, 0.29) is 25.9 Å². The average Bonchev–Trinajstić information content (AvgIpc) is 2.32. The second-order valence-corrected chi connectivity index (χ2v) is 4.67. The lowest BCUT2D eigenvalue weighted by Crippen LogP contribution is -2.53. The Hall–Kier alpha value is -1.14. The van der Waals surface area contributed by atoms with Crippen molar-refractivity contribution in [3.63, 3.8) is 0 Å². The van der Waals surface area contributed by atoms with Crippen molar-refractivity contribution in [3.8, 4) is 0 Å². The van der Waals surface area contributed by atoms with Crippen molar-refractivity contribution in [2.24, 2.45) is 0 Å². The normalized spacial score (nSPS) is 20.9.